The van der Waals surface area contributed by atoms with Gasteiger partial charge in [0, 0.05) is 6.42 Å². The molecule has 1 aliphatic rings. The lowest BCUT2D eigenvalue weighted by Crippen LogP contribution is -2.22. The van der Waals surface area contributed by atoms with E-state index in [-0.39, 0.29) is 0 Å². The van der Waals surface area contributed by atoms with Crippen molar-refractivity contribution >= 4 is 22.8 Å². The van der Waals surface area contributed by atoms with E-state index in [0.29, 0.717) is 5.04 Å². The summed E-state index contributed by atoms with van der Waals surface area (Å²) in [7, 11) is 0. The standard InChI is InChI=1S/C13H23NO2S/c1-2-3-4-5-6-7-8-9-14-10-11-17-12(14)13(15)16/h2-11H2,1H3/p+1. The maximum absolute atomic E-state index is 10.9. The molecule has 0 spiro atoms. The molecule has 4 heteroatoms. The zero-order valence-corrected chi connectivity index (χ0v) is 11.6. The van der Waals surface area contributed by atoms with Crippen LogP contribution in [0.4, 0.5) is 0 Å². The lowest BCUT2D eigenvalue weighted by molar-refractivity contribution is -0.517. The SMILES string of the molecule is CCCCCCCCC[N+]1=C(C(=O)O)SCC1. The molecule has 17 heavy (non-hydrogen) atoms. The molecule has 0 saturated heterocycles. The third-order valence-electron chi connectivity index (χ3n) is 3.10. The number of hydrogen-bond acceptors (Lipinski definition) is 2. The van der Waals surface area contributed by atoms with Crippen molar-refractivity contribution in [3.05, 3.63) is 0 Å². The molecule has 0 aromatic heterocycles. The third kappa shape index (κ3) is 5.57. The Morgan fingerprint density at radius 3 is 2.53 bits per heavy atom. The van der Waals surface area contributed by atoms with Gasteiger partial charge in [0.05, 0.1) is 5.75 Å². The van der Waals surface area contributed by atoms with E-state index in [9.17, 15) is 4.79 Å². The summed E-state index contributed by atoms with van der Waals surface area (Å²) in [4.78, 5) is 10.9. The van der Waals surface area contributed by atoms with Gasteiger partial charge in [0.1, 0.15) is 6.54 Å². The molecule has 0 amide bonds. The van der Waals surface area contributed by atoms with Crippen LogP contribution in [0.1, 0.15) is 51.9 Å². The third-order valence-corrected chi connectivity index (χ3v) is 4.19. The van der Waals surface area contributed by atoms with Crippen LogP contribution in [0.5, 0.6) is 0 Å². The lowest BCUT2D eigenvalue weighted by Gasteiger charge is -2.01. The Kier molecular flexibility index (Phi) is 7.33. The monoisotopic (exact) mass is 258 g/mol. The van der Waals surface area contributed by atoms with Crippen LogP contribution in [-0.2, 0) is 4.79 Å². The second-order valence-electron chi connectivity index (χ2n) is 4.57. The fraction of sp³-hybridized carbons (Fsp3) is 0.846. The number of nitrogens with zero attached hydrogens (tertiary/aromatic N) is 1. The van der Waals surface area contributed by atoms with Crippen molar-refractivity contribution in [3.63, 3.8) is 0 Å². The summed E-state index contributed by atoms with van der Waals surface area (Å²) in [5.41, 5.74) is 0. The van der Waals surface area contributed by atoms with Crippen molar-refractivity contribution < 1.29 is 14.5 Å². The van der Waals surface area contributed by atoms with Crippen molar-refractivity contribution in [2.45, 2.75) is 51.9 Å². The maximum Gasteiger partial charge on any atom is 0.408 e. The highest BCUT2D eigenvalue weighted by Crippen LogP contribution is 2.13. The summed E-state index contributed by atoms with van der Waals surface area (Å²) in [6.45, 7) is 4.05. The molecule has 0 aromatic carbocycles. The number of unbranched alkanes of at least 4 members (excludes halogenated alkanes) is 6. The molecule has 0 aliphatic carbocycles. The van der Waals surface area contributed by atoms with Crippen molar-refractivity contribution in [1.29, 1.82) is 0 Å². The van der Waals surface area contributed by atoms with Crippen LogP contribution in [0.3, 0.4) is 0 Å². The zero-order valence-electron chi connectivity index (χ0n) is 10.8. The first kappa shape index (κ1) is 14.6. The number of carboxylic acids is 1. The molecule has 1 N–H and O–H groups in total. The van der Waals surface area contributed by atoms with Crippen LogP contribution in [-0.4, -0.2) is 39.5 Å². The number of thioether (sulfide) groups is 1. The van der Waals surface area contributed by atoms with Gasteiger partial charge in [0.25, 0.3) is 0 Å². The minimum atomic E-state index is -0.754. The highest BCUT2D eigenvalue weighted by atomic mass is 32.2. The van der Waals surface area contributed by atoms with Crippen LogP contribution in [0.2, 0.25) is 0 Å². The molecule has 3 nitrogen and oxygen atoms in total. The summed E-state index contributed by atoms with van der Waals surface area (Å²) in [5.74, 6) is 0.174. The van der Waals surface area contributed by atoms with Crippen LogP contribution in [0.25, 0.3) is 0 Å². The van der Waals surface area contributed by atoms with Crippen LogP contribution in [0, 0.1) is 0 Å². The minimum Gasteiger partial charge on any atom is -0.473 e. The van der Waals surface area contributed by atoms with E-state index in [4.69, 9.17) is 5.11 Å². The maximum atomic E-state index is 10.9. The molecule has 1 aliphatic heterocycles. The quantitative estimate of drug-likeness (QED) is 0.510. The van der Waals surface area contributed by atoms with Gasteiger partial charge in [-0.3, -0.25) is 0 Å². The first-order chi connectivity index (χ1) is 8.25. The minimum absolute atomic E-state index is 0.552. The van der Waals surface area contributed by atoms with Crippen molar-refractivity contribution in [2.75, 3.05) is 18.8 Å². The van der Waals surface area contributed by atoms with Gasteiger partial charge in [0.2, 0.25) is 0 Å². The van der Waals surface area contributed by atoms with Gasteiger partial charge in [-0.2, -0.15) is 0 Å². The van der Waals surface area contributed by atoms with E-state index in [0.717, 1.165) is 25.3 Å². The van der Waals surface area contributed by atoms with Crippen LogP contribution in [0.15, 0.2) is 0 Å². The first-order valence-electron chi connectivity index (χ1n) is 6.73. The van der Waals surface area contributed by atoms with E-state index in [1.807, 2.05) is 4.58 Å². The molecular weight excluding hydrogens is 234 g/mol. The average Bonchev–Trinajstić information content (AvgIpc) is 2.76. The molecule has 0 atom stereocenters. The van der Waals surface area contributed by atoms with Gasteiger partial charge in [-0.15, -0.1) is 0 Å². The fourth-order valence-corrected chi connectivity index (χ4v) is 3.11. The molecule has 98 valence electrons. The Morgan fingerprint density at radius 2 is 1.88 bits per heavy atom. The number of rotatable bonds is 9. The van der Waals surface area contributed by atoms with Gasteiger partial charge < -0.3 is 5.11 Å². The predicted molar refractivity (Wildman–Crippen MR) is 73.1 cm³/mol. The van der Waals surface area contributed by atoms with E-state index >= 15 is 0 Å². The van der Waals surface area contributed by atoms with Crippen molar-refractivity contribution in [3.8, 4) is 0 Å². The fourth-order valence-electron chi connectivity index (χ4n) is 2.12. The first-order valence-corrected chi connectivity index (χ1v) is 7.72. The Labute approximate surface area is 108 Å². The van der Waals surface area contributed by atoms with Crippen molar-refractivity contribution in [1.82, 2.24) is 0 Å². The molecule has 1 rings (SSSR count). The van der Waals surface area contributed by atoms with E-state index in [1.54, 1.807) is 0 Å². The molecule has 0 unspecified atom stereocenters. The normalized spacial score (nSPS) is 15.6. The second kappa shape index (κ2) is 8.56. The highest BCUT2D eigenvalue weighted by Gasteiger charge is 2.28. The summed E-state index contributed by atoms with van der Waals surface area (Å²) >= 11 is 1.48. The zero-order chi connectivity index (χ0) is 12.5. The Balaban J connectivity index is 2.10. The highest BCUT2D eigenvalue weighted by molar-refractivity contribution is 8.15. The van der Waals surface area contributed by atoms with Gasteiger partial charge >= 0.3 is 11.0 Å². The van der Waals surface area contributed by atoms with Crippen LogP contribution >= 0.6 is 11.8 Å². The largest absolute Gasteiger partial charge is 0.473 e. The summed E-state index contributed by atoms with van der Waals surface area (Å²) in [6, 6.07) is 0. The van der Waals surface area contributed by atoms with Crippen molar-refractivity contribution in [2.24, 2.45) is 0 Å². The molecule has 0 aromatic rings. The van der Waals surface area contributed by atoms with Gasteiger partial charge in [-0.25, -0.2) is 9.37 Å². The molecule has 0 fully saturated rings. The van der Waals surface area contributed by atoms with E-state index in [2.05, 4.69) is 6.92 Å². The van der Waals surface area contributed by atoms with E-state index < -0.39 is 5.97 Å². The molecule has 0 radical (unpaired) electrons. The van der Waals surface area contributed by atoms with Crippen LogP contribution < -0.4 is 0 Å². The number of hydrogen-bond donors (Lipinski definition) is 1. The molecule has 1 heterocycles. The number of carbonyl (C=O) groups is 1. The summed E-state index contributed by atoms with van der Waals surface area (Å²) in [6.07, 6.45) is 8.98. The Hall–Kier alpha value is -0.510. The van der Waals surface area contributed by atoms with Gasteiger partial charge in [0.15, 0.2) is 6.54 Å². The molecular formula is C13H24NO2S+. The Bertz CT molecular complexity index is 277. The number of carboxylic acid groups (broad SMARTS) is 1. The second-order valence-corrected chi connectivity index (χ2v) is 5.65. The summed E-state index contributed by atoms with van der Waals surface area (Å²) in [5, 5.41) is 9.54. The Morgan fingerprint density at radius 1 is 1.24 bits per heavy atom. The summed E-state index contributed by atoms with van der Waals surface area (Å²) < 4.78 is 2.03. The topological polar surface area (TPSA) is 40.3 Å². The predicted octanol–water partition coefficient (Wildman–Crippen LogP) is 2.98. The lowest BCUT2D eigenvalue weighted by atomic mass is 10.1. The average molecular weight is 258 g/mol. The van der Waals surface area contributed by atoms with Gasteiger partial charge in [-0.05, 0) is 18.2 Å². The smallest absolute Gasteiger partial charge is 0.408 e. The molecule has 0 bridgehead atoms. The van der Waals surface area contributed by atoms with E-state index in [1.165, 1.54) is 50.3 Å². The molecule has 0 saturated carbocycles. The number of aliphatic carboxylic acids is 1. The van der Waals surface area contributed by atoms with Gasteiger partial charge in [-0.1, -0.05) is 39.0 Å².